The molecule has 1 aliphatic rings. The van der Waals surface area contributed by atoms with E-state index in [1.165, 1.54) is 18.2 Å². The molecule has 0 amide bonds. The Hall–Kier alpha value is -1.44. The molecule has 1 fully saturated rings. The summed E-state index contributed by atoms with van der Waals surface area (Å²) >= 11 is 0. The molecule has 2 unspecified atom stereocenters. The minimum Gasteiger partial charge on any atom is -0.381 e. The predicted molar refractivity (Wildman–Crippen MR) is 66.4 cm³/mol. The van der Waals surface area contributed by atoms with Crippen LogP contribution < -0.4 is 5.32 Å². The van der Waals surface area contributed by atoms with Crippen molar-refractivity contribution in [1.29, 1.82) is 5.26 Å². The zero-order valence-corrected chi connectivity index (χ0v) is 10.4. The molecule has 1 aliphatic carbocycles. The standard InChI is InChI=1S/C14H17FN2O/c1-18-14-5-4-13(7-14)17-9-11-6-12(15)3-2-10(11)8-16/h2-3,6,13-14,17H,4-5,7,9H2,1H3. The van der Waals surface area contributed by atoms with Gasteiger partial charge in [-0.25, -0.2) is 4.39 Å². The lowest BCUT2D eigenvalue weighted by atomic mass is 10.1. The highest BCUT2D eigenvalue weighted by molar-refractivity contribution is 5.37. The molecule has 0 aliphatic heterocycles. The first-order valence-electron chi connectivity index (χ1n) is 6.17. The maximum absolute atomic E-state index is 13.1. The van der Waals surface area contributed by atoms with Gasteiger partial charge in [0.1, 0.15) is 5.82 Å². The summed E-state index contributed by atoms with van der Waals surface area (Å²) in [7, 11) is 1.73. The first-order valence-corrected chi connectivity index (χ1v) is 6.17. The first-order chi connectivity index (χ1) is 8.72. The molecule has 0 radical (unpaired) electrons. The molecule has 0 saturated heterocycles. The molecule has 3 nitrogen and oxygen atoms in total. The summed E-state index contributed by atoms with van der Waals surface area (Å²) in [5.41, 5.74) is 1.25. The normalized spacial score (nSPS) is 22.9. The van der Waals surface area contributed by atoms with Crippen LogP contribution in [0.15, 0.2) is 18.2 Å². The molecular weight excluding hydrogens is 231 g/mol. The molecule has 0 bridgehead atoms. The smallest absolute Gasteiger partial charge is 0.123 e. The van der Waals surface area contributed by atoms with E-state index >= 15 is 0 Å². The number of hydrogen-bond donors (Lipinski definition) is 1. The summed E-state index contributed by atoms with van der Waals surface area (Å²) in [4.78, 5) is 0. The number of nitrogens with zero attached hydrogens (tertiary/aromatic N) is 1. The van der Waals surface area contributed by atoms with Crippen molar-refractivity contribution in [2.75, 3.05) is 7.11 Å². The van der Waals surface area contributed by atoms with E-state index < -0.39 is 0 Å². The number of methoxy groups -OCH3 is 1. The van der Waals surface area contributed by atoms with E-state index in [0.717, 1.165) is 24.8 Å². The van der Waals surface area contributed by atoms with Crippen LogP contribution in [0.25, 0.3) is 0 Å². The summed E-state index contributed by atoms with van der Waals surface area (Å²) in [5.74, 6) is -0.299. The van der Waals surface area contributed by atoms with Crippen molar-refractivity contribution >= 4 is 0 Å². The van der Waals surface area contributed by atoms with Gasteiger partial charge in [-0.05, 0) is 43.0 Å². The Labute approximate surface area is 107 Å². The van der Waals surface area contributed by atoms with Gasteiger partial charge in [0.25, 0.3) is 0 Å². The van der Waals surface area contributed by atoms with E-state index in [0.29, 0.717) is 24.3 Å². The average molecular weight is 248 g/mol. The predicted octanol–water partition coefficient (Wildman–Crippen LogP) is 2.35. The molecule has 0 heterocycles. The van der Waals surface area contributed by atoms with Crippen LogP contribution in [-0.2, 0) is 11.3 Å². The van der Waals surface area contributed by atoms with Crippen molar-refractivity contribution < 1.29 is 9.13 Å². The Bertz CT molecular complexity index is 456. The molecule has 1 N–H and O–H groups in total. The summed E-state index contributed by atoms with van der Waals surface area (Å²) in [6.45, 7) is 0.530. The van der Waals surface area contributed by atoms with E-state index in [1.54, 1.807) is 7.11 Å². The Kier molecular flexibility index (Phi) is 4.29. The summed E-state index contributed by atoms with van der Waals surface area (Å²) in [6, 6.07) is 6.75. The molecule has 2 rings (SSSR count). The van der Waals surface area contributed by atoms with Crippen LogP contribution in [0.5, 0.6) is 0 Å². The van der Waals surface area contributed by atoms with Crippen LogP contribution >= 0.6 is 0 Å². The maximum atomic E-state index is 13.1. The van der Waals surface area contributed by atoms with Crippen LogP contribution in [0.4, 0.5) is 4.39 Å². The fourth-order valence-corrected chi connectivity index (χ4v) is 2.41. The molecule has 4 heteroatoms. The lowest BCUT2D eigenvalue weighted by Crippen LogP contribution is -2.27. The Balaban J connectivity index is 1.94. The van der Waals surface area contributed by atoms with E-state index in [2.05, 4.69) is 11.4 Å². The summed E-state index contributed by atoms with van der Waals surface area (Å²) in [5, 5.41) is 12.3. The fraction of sp³-hybridized carbons (Fsp3) is 0.500. The van der Waals surface area contributed by atoms with E-state index in [-0.39, 0.29) is 5.82 Å². The van der Waals surface area contributed by atoms with Crippen molar-refractivity contribution in [2.24, 2.45) is 0 Å². The Morgan fingerprint density at radius 2 is 2.33 bits per heavy atom. The lowest BCUT2D eigenvalue weighted by molar-refractivity contribution is 0.107. The van der Waals surface area contributed by atoms with Crippen molar-refractivity contribution in [1.82, 2.24) is 5.32 Å². The second kappa shape index (κ2) is 5.94. The van der Waals surface area contributed by atoms with Gasteiger partial charge in [0, 0.05) is 19.7 Å². The van der Waals surface area contributed by atoms with E-state index in [9.17, 15) is 4.39 Å². The van der Waals surface area contributed by atoms with Crippen LogP contribution in [0, 0.1) is 17.1 Å². The summed E-state index contributed by atoms with van der Waals surface area (Å²) < 4.78 is 18.4. The Morgan fingerprint density at radius 1 is 1.50 bits per heavy atom. The van der Waals surface area contributed by atoms with Crippen LogP contribution in [0.2, 0.25) is 0 Å². The van der Waals surface area contributed by atoms with Crippen LogP contribution in [0.1, 0.15) is 30.4 Å². The number of rotatable bonds is 4. The van der Waals surface area contributed by atoms with Crippen molar-refractivity contribution in [3.05, 3.63) is 35.1 Å². The molecule has 0 spiro atoms. The number of hydrogen-bond acceptors (Lipinski definition) is 3. The number of nitrogens with one attached hydrogen (secondary N) is 1. The Morgan fingerprint density at radius 3 is 3.00 bits per heavy atom. The van der Waals surface area contributed by atoms with Crippen molar-refractivity contribution in [2.45, 2.75) is 38.0 Å². The largest absolute Gasteiger partial charge is 0.381 e. The third-order valence-corrected chi connectivity index (χ3v) is 3.49. The molecule has 1 aromatic rings. The number of halogens is 1. The minimum absolute atomic E-state index is 0.299. The highest BCUT2D eigenvalue weighted by Gasteiger charge is 2.23. The fourth-order valence-electron chi connectivity index (χ4n) is 2.41. The zero-order chi connectivity index (χ0) is 13.0. The third kappa shape index (κ3) is 3.06. The van der Waals surface area contributed by atoms with Gasteiger partial charge >= 0.3 is 0 Å². The summed E-state index contributed by atoms with van der Waals surface area (Å²) in [6.07, 6.45) is 3.43. The van der Waals surface area contributed by atoms with E-state index in [1.807, 2.05) is 0 Å². The van der Waals surface area contributed by atoms with Gasteiger partial charge in [0.2, 0.25) is 0 Å². The quantitative estimate of drug-likeness (QED) is 0.889. The lowest BCUT2D eigenvalue weighted by Gasteiger charge is -2.13. The number of nitriles is 1. The minimum atomic E-state index is -0.299. The topological polar surface area (TPSA) is 45.0 Å². The van der Waals surface area contributed by atoms with Crippen molar-refractivity contribution in [3.8, 4) is 6.07 Å². The van der Waals surface area contributed by atoms with Gasteiger partial charge < -0.3 is 10.1 Å². The van der Waals surface area contributed by atoms with Gasteiger partial charge in [-0.2, -0.15) is 5.26 Å². The third-order valence-electron chi connectivity index (χ3n) is 3.49. The molecule has 1 saturated carbocycles. The zero-order valence-electron chi connectivity index (χ0n) is 10.4. The molecule has 2 atom stereocenters. The van der Waals surface area contributed by atoms with Gasteiger partial charge in [0.05, 0.1) is 17.7 Å². The second-order valence-electron chi connectivity index (χ2n) is 4.66. The van der Waals surface area contributed by atoms with Gasteiger partial charge in [-0.3, -0.25) is 0 Å². The van der Waals surface area contributed by atoms with Crippen molar-refractivity contribution in [3.63, 3.8) is 0 Å². The van der Waals surface area contributed by atoms with Gasteiger partial charge in [-0.1, -0.05) is 0 Å². The maximum Gasteiger partial charge on any atom is 0.123 e. The second-order valence-corrected chi connectivity index (χ2v) is 4.66. The highest BCUT2D eigenvalue weighted by Crippen LogP contribution is 2.22. The van der Waals surface area contributed by atoms with Crippen LogP contribution in [0.3, 0.4) is 0 Å². The highest BCUT2D eigenvalue weighted by atomic mass is 19.1. The molecular formula is C14H17FN2O. The molecule has 18 heavy (non-hydrogen) atoms. The SMILES string of the molecule is COC1CCC(NCc2cc(F)ccc2C#N)C1. The van der Waals surface area contributed by atoms with Gasteiger partial charge in [0.15, 0.2) is 0 Å². The molecule has 96 valence electrons. The molecule has 1 aromatic carbocycles. The first kappa shape index (κ1) is 13.0. The molecule has 0 aromatic heterocycles. The van der Waals surface area contributed by atoms with E-state index in [4.69, 9.17) is 10.00 Å². The monoisotopic (exact) mass is 248 g/mol. The van der Waals surface area contributed by atoms with Gasteiger partial charge in [-0.15, -0.1) is 0 Å². The number of benzene rings is 1. The number of ether oxygens (including phenoxy) is 1. The average Bonchev–Trinajstić information content (AvgIpc) is 2.84. The van der Waals surface area contributed by atoms with Crippen LogP contribution in [-0.4, -0.2) is 19.3 Å².